The predicted octanol–water partition coefficient (Wildman–Crippen LogP) is 2.97. The number of nitrogen functional groups attached to an aromatic ring is 1. The van der Waals surface area contributed by atoms with Gasteiger partial charge in [0.1, 0.15) is 5.60 Å². The number of amides is 1. The fourth-order valence-corrected chi connectivity index (χ4v) is 1.74. The van der Waals surface area contributed by atoms with Crippen molar-refractivity contribution in [3.8, 4) is 0 Å². The van der Waals surface area contributed by atoms with Gasteiger partial charge in [0.25, 0.3) is 0 Å². The molecule has 5 nitrogen and oxygen atoms in total. The van der Waals surface area contributed by atoms with E-state index in [0.29, 0.717) is 11.4 Å². The number of anilines is 2. The van der Waals surface area contributed by atoms with Crippen molar-refractivity contribution in [2.75, 3.05) is 11.1 Å². The molecule has 1 amide bonds. The van der Waals surface area contributed by atoms with Crippen molar-refractivity contribution in [1.29, 1.82) is 0 Å². The van der Waals surface area contributed by atoms with E-state index in [0.717, 1.165) is 0 Å². The molecule has 0 saturated carbocycles. The number of esters is 1. The summed E-state index contributed by atoms with van der Waals surface area (Å²) in [5.74, 6) is -0.644. The normalized spacial score (nSPS) is 11.9. The lowest BCUT2D eigenvalue weighted by Gasteiger charge is -2.26. The monoisotopic (exact) mass is 292 g/mol. The number of ether oxygens (including phenoxy) is 1. The molecule has 0 aliphatic carbocycles. The second-order valence-electron chi connectivity index (χ2n) is 6.73. The summed E-state index contributed by atoms with van der Waals surface area (Å²) in [6.45, 7) is 8.80. The van der Waals surface area contributed by atoms with Crippen LogP contribution < -0.4 is 11.1 Å². The van der Waals surface area contributed by atoms with Crippen LogP contribution in [0, 0.1) is 5.41 Å². The van der Waals surface area contributed by atoms with E-state index in [2.05, 4.69) is 5.32 Å². The van der Waals surface area contributed by atoms with Crippen LogP contribution in [0.15, 0.2) is 24.3 Å². The summed E-state index contributed by atoms with van der Waals surface area (Å²) in [6, 6.07) is 6.91. The molecular weight excluding hydrogens is 268 g/mol. The van der Waals surface area contributed by atoms with Crippen LogP contribution in [0.4, 0.5) is 11.4 Å². The number of rotatable bonds is 4. The van der Waals surface area contributed by atoms with Crippen LogP contribution in [-0.2, 0) is 14.3 Å². The summed E-state index contributed by atoms with van der Waals surface area (Å²) in [4.78, 5) is 24.1. The average molecular weight is 292 g/mol. The molecule has 5 heteroatoms. The Morgan fingerprint density at radius 2 is 1.81 bits per heavy atom. The lowest BCUT2D eigenvalue weighted by atomic mass is 9.88. The number of hydrogen-bond donors (Lipinski definition) is 2. The van der Waals surface area contributed by atoms with E-state index in [1.165, 1.54) is 0 Å². The summed E-state index contributed by atoms with van der Waals surface area (Å²) in [5.41, 5.74) is 5.42. The molecule has 0 unspecified atom stereocenters. The first-order chi connectivity index (χ1) is 9.49. The fourth-order valence-electron chi connectivity index (χ4n) is 1.74. The topological polar surface area (TPSA) is 81.4 Å². The summed E-state index contributed by atoms with van der Waals surface area (Å²) in [6.07, 6.45) is 0.0123. The maximum Gasteiger partial charge on any atom is 0.307 e. The number of nitrogens with one attached hydrogen (secondary N) is 1. The number of carbonyl (C=O) groups is 2. The zero-order valence-electron chi connectivity index (χ0n) is 13.3. The van der Waals surface area contributed by atoms with Crippen molar-refractivity contribution in [2.45, 2.75) is 46.6 Å². The van der Waals surface area contributed by atoms with Crippen LogP contribution in [0.5, 0.6) is 0 Å². The van der Waals surface area contributed by atoms with Crippen molar-refractivity contribution in [2.24, 2.45) is 5.41 Å². The molecule has 0 atom stereocenters. The Morgan fingerprint density at radius 1 is 1.19 bits per heavy atom. The fraction of sp³-hybridized carbons (Fsp3) is 0.500. The van der Waals surface area contributed by atoms with Gasteiger partial charge in [0, 0.05) is 11.4 Å². The molecule has 1 aromatic rings. The minimum atomic E-state index is -0.868. The van der Waals surface area contributed by atoms with Gasteiger partial charge in [-0.25, -0.2) is 0 Å². The molecule has 0 aliphatic rings. The molecule has 0 fully saturated rings. The van der Waals surface area contributed by atoms with E-state index >= 15 is 0 Å². The molecule has 0 spiro atoms. The minimum Gasteiger partial charge on any atom is -0.460 e. The first-order valence-corrected chi connectivity index (χ1v) is 6.88. The van der Waals surface area contributed by atoms with E-state index in [1.54, 1.807) is 58.9 Å². The summed E-state index contributed by atoms with van der Waals surface area (Å²) in [5, 5.41) is 2.76. The first-order valence-electron chi connectivity index (χ1n) is 6.88. The van der Waals surface area contributed by atoms with Gasteiger partial charge in [0.15, 0.2) is 0 Å². The molecule has 1 aromatic carbocycles. The van der Waals surface area contributed by atoms with Gasteiger partial charge in [-0.2, -0.15) is 0 Å². The molecule has 21 heavy (non-hydrogen) atoms. The molecule has 3 N–H and O–H groups in total. The molecule has 116 valence electrons. The van der Waals surface area contributed by atoms with Crippen molar-refractivity contribution >= 4 is 23.3 Å². The van der Waals surface area contributed by atoms with E-state index in [1.807, 2.05) is 0 Å². The maximum atomic E-state index is 12.3. The number of carbonyl (C=O) groups excluding carboxylic acids is 2. The third-order valence-corrected chi connectivity index (χ3v) is 2.77. The molecule has 0 radical (unpaired) electrons. The third kappa shape index (κ3) is 5.85. The molecule has 0 aliphatic heterocycles. The van der Waals surface area contributed by atoms with Crippen LogP contribution >= 0.6 is 0 Å². The van der Waals surface area contributed by atoms with E-state index in [-0.39, 0.29) is 12.3 Å². The maximum absolute atomic E-state index is 12.3. The molecule has 1 rings (SSSR count). The van der Waals surface area contributed by atoms with Crippen molar-refractivity contribution in [3.63, 3.8) is 0 Å². The second kappa shape index (κ2) is 6.16. The number of benzene rings is 1. The highest BCUT2D eigenvalue weighted by molar-refractivity contribution is 5.97. The van der Waals surface area contributed by atoms with E-state index < -0.39 is 17.0 Å². The Balaban J connectivity index is 2.69. The lowest BCUT2D eigenvalue weighted by molar-refractivity contribution is -0.158. The quantitative estimate of drug-likeness (QED) is 0.660. The SMILES string of the molecule is CC(C)(C)OC(=O)CC(C)(C)C(=O)Nc1cccc(N)c1. The van der Waals surface area contributed by atoms with Crippen LogP contribution in [0.2, 0.25) is 0 Å². The summed E-state index contributed by atoms with van der Waals surface area (Å²) < 4.78 is 5.25. The summed E-state index contributed by atoms with van der Waals surface area (Å²) in [7, 11) is 0. The molecule has 0 saturated heterocycles. The molecule has 0 heterocycles. The standard InChI is InChI=1S/C16H24N2O3/c1-15(2,3)21-13(19)10-16(4,5)14(20)18-12-8-6-7-11(17)9-12/h6-9H,10,17H2,1-5H3,(H,18,20). The van der Waals surface area contributed by atoms with Crippen molar-refractivity contribution < 1.29 is 14.3 Å². The molecular formula is C16H24N2O3. The zero-order chi connectivity index (χ0) is 16.3. The molecule has 0 bridgehead atoms. The highest BCUT2D eigenvalue weighted by Crippen LogP contribution is 2.25. The Kier molecular flexibility index (Phi) is 4.99. The van der Waals surface area contributed by atoms with Gasteiger partial charge in [-0.1, -0.05) is 19.9 Å². The van der Waals surface area contributed by atoms with Crippen molar-refractivity contribution in [3.05, 3.63) is 24.3 Å². The van der Waals surface area contributed by atoms with Gasteiger partial charge < -0.3 is 15.8 Å². The van der Waals surface area contributed by atoms with E-state index in [4.69, 9.17) is 10.5 Å². The predicted molar refractivity (Wildman–Crippen MR) is 83.7 cm³/mol. The van der Waals surface area contributed by atoms with Crippen LogP contribution in [0.3, 0.4) is 0 Å². The Labute approximate surface area is 125 Å². The van der Waals surface area contributed by atoms with Gasteiger partial charge in [0.05, 0.1) is 11.8 Å². The Morgan fingerprint density at radius 3 is 2.33 bits per heavy atom. The summed E-state index contributed by atoms with van der Waals surface area (Å²) >= 11 is 0. The minimum absolute atomic E-state index is 0.0123. The van der Waals surface area contributed by atoms with Crippen molar-refractivity contribution in [1.82, 2.24) is 0 Å². The van der Waals surface area contributed by atoms with Gasteiger partial charge in [-0.3, -0.25) is 9.59 Å². The second-order valence-corrected chi connectivity index (χ2v) is 6.73. The highest BCUT2D eigenvalue weighted by Gasteiger charge is 2.32. The van der Waals surface area contributed by atoms with Crippen LogP contribution in [0.1, 0.15) is 41.0 Å². The Bertz CT molecular complexity index is 531. The van der Waals surface area contributed by atoms with Crippen LogP contribution in [0.25, 0.3) is 0 Å². The molecule has 0 aromatic heterocycles. The smallest absolute Gasteiger partial charge is 0.307 e. The van der Waals surface area contributed by atoms with Gasteiger partial charge in [0.2, 0.25) is 5.91 Å². The van der Waals surface area contributed by atoms with Gasteiger partial charge >= 0.3 is 5.97 Å². The number of hydrogen-bond acceptors (Lipinski definition) is 4. The number of nitrogens with two attached hydrogens (primary N) is 1. The van der Waals surface area contributed by atoms with Gasteiger partial charge in [-0.15, -0.1) is 0 Å². The first kappa shape index (κ1) is 17.0. The Hall–Kier alpha value is -2.04. The average Bonchev–Trinajstić information content (AvgIpc) is 2.24. The largest absolute Gasteiger partial charge is 0.460 e. The zero-order valence-corrected chi connectivity index (χ0v) is 13.3. The highest BCUT2D eigenvalue weighted by atomic mass is 16.6. The lowest BCUT2D eigenvalue weighted by Crippen LogP contribution is -2.35. The van der Waals surface area contributed by atoms with E-state index in [9.17, 15) is 9.59 Å². The van der Waals surface area contributed by atoms with Gasteiger partial charge in [-0.05, 0) is 39.0 Å². The van der Waals surface area contributed by atoms with Crippen LogP contribution in [-0.4, -0.2) is 17.5 Å². The third-order valence-electron chi connectivity index (χ3n) is 2.77.